The molecule has 1 aromatic carbocycles. The maximum absolute atomic E-state index is 15.5. The Labute approximate surface area is 196 Å². The number of alkyl halides is 1. The van der Waals surface area contributed by atoms with Crippen LogP contribution < -0.4 is 4.74 Å². The third kappa shape index (κ3) is 6.23. The molecule has 2 aromatic rings. The van der Waals surface area contributed by atoms with E-state index in [9.17, 15) is 9.90 Å². The van der Waals surface area contributed by atoms with Crippen molar-refractivity contribution >= 4 is 16.9 Å². The van der Waals surface area contributed by atoms with Crippen LogP contribution in [0.15, 0.2) is 30.5 Å². The summed E-state index contributed by atoms with van der Waals surface area (Å²) in [6.45, 7) is 3.16. The Morgan fingerprint density at radius 3 is 2.79 bits per heavy atom. The van der Waals surface area contributed by atoms with Crippen LogP contribution in [0, 0.1) is 17.8 Å². The van der Waals surface area contributed by atoms with Crippen molar-refractivity contribution in [3.05, 3.63) is 36.0 Å². The second kappa shape index (κ2) is 11.3. The van der Waals surface area contributed by atoms with E-state index in [4.69, 9.17) is 4.74 Å². The largest absolute Gasteiger partial charge is 0.497 e. The number of pyridine rings is 1. The summed E-state index contributed by atoms with van der Waals surface area (Å²) in [7, 11) is 1.61. The molecule has 0 spiro atoms. The van der Waals surface area contributed by atoms with Crippen LogP contribution in [-0.2, 0) is 4.79 Å². The van der Waals surface area contributed by atoms with Crippen LogP contribution in [0.2, 0.25) is 0 Å². The van der Waals surface area contributed by atoms with E-state index in [1.54, 1.807) is 19.4 Å². The summed E-state index contributed by atoms with van der Waals surface area (Å²) in [6, 6.07) is 7.35. The molecule has 1 aromatic heterocycles. The number of fused-ring (bicyclic) bond motifs is 1. The fourth-order valence-electron chi connectivity index (χ4n) is 5.96. The zero-order valence-electron chi connectivity index (χ0n) is 19.7. The number of ether oxygens (including phenoxy) is 1. The molecule has 5 nitrogen and oxygen atoms in total. The number of carboxylic acid groups (broad SMARTS) is 1. The molecule has 1 unspecified atom stereocenters. The zero-order chi connectivity index (χ0) is 23.2. The van der Waals surface area contributed by atoms with Gasteiger partial charge in [0.25, 0.3) is 0 Å². The summed E-state index contributed by atoms with van der Waals surface area (Å²) >= 11 is 0. The van der Waals surface area contributed by atoms with Crippen LogP contribution in [0.25, 0.3) is 10.9 Å². The first-order chi connectivity index (χ1) is 16.0. The number of aromatic nitrogens is 1. The summed E-state index contributed by atoms with van der Waals surface area (Å²) in [5, 5.41) is 10.1. The number of nitrogens with zero attached hydrogens (tertiary/aromatic N) is 2. The molecular formula is C27H37FN2O3. The van der Waals surface area contributed by atoms with Crippen molar-refractivity contribution in [1.82, 2.24) is 9.88 Å². The standard InChI is InChI=1S/C27H37FN2O3/c1-33-22-8-10-26-24(16-22)23(12-14-29-26)25(28)9-6-20-13-15-30(17-19-4-2-3-5-19)18-21(20)7-11-27(31)32/h8,10,12,14,16,19-21,25H,2-7,9,11,13,15,17-18H2,1H3,(H,31,32)/t20-,21+,25?/m1/s1. The summed E-state index contributed by atoms with van der Waals surface area (Å²) in [6.07, 6.45) is 9.11. The van der Waals surface area contributed by atoms with Gasteiger partial charge in [-0.25, -0.2) is 4.39 Å². The molecule has 1 N–H and O–H groups in total. The fraction of sp³-hybridized carbons (Fsp3) is 0.630. The van der Waals surface area contributed by atoms with E-state index in [0.29, 0.717) is 36.0 Å². The predicted molar refractivity (Wildman–Crippen MR) is 128 cm³/mol. The van der Waals surface area contributed by atoms with Crippen molar-refractivity contribution in [3.63, 3.8) is 0 Å². The molecule has 2 aliphatic rings. The lowest BCUT2D eigenvalue weighted by Crippen LogP contribution is -2.42. The summed E-state index contributed by atoms with van der Waals surface area (Å²) in [5.41, 5.74) is 1.44. The second-order valence-corrected chi connectivity index (χ2v) is 9.98. The van der Waals surface area contributed by atoms with E-state index in [2.05, 4.69) is 9.88 Å². The third-order valence-corrected chi connectivity index (χ3v) is 7.81. The molecule has 180 valence electrons. The molecule has 6 heteroatoms. The molecule has 0 radical (unpaired) electrons. The molecule has 1 aliphatic carbocycles. The molecule has 0 amide bonds. The zero-order valence-corrected chi connectivity index (χ0v) is 19.7. The van der Waals surface area contributed by atoms with Gasteiger partial charge >= 0.3 is 5.97 Å². The number of carboxylic acids is 1. The van der Waals surface area contributed by atoms with Crippen molar-refractivity contribution in [1.29, 1.82) is 0 Å². The highest BCUT2D eigenvalue weighted by molar-refractivity contribution is 5.83. The maximum Gasteiger partial charge on any atom is 0.303 e. The minimum atomic E-state index is -1.07. The molecule has 33 heavy (non-hydrogen) atoms. The van der Waals surface area contributed by atoms with E-state index < -0.39 is 12.1 Å². The summed E-state index contributed by atoms with van der Waals surface area (Å²) < 4.78 is 20.8. The highest BCUT2D eigenvalue weighted by atomic mass is 19.1. The Bertz CT molecular complexity index is 931. The van der Waals surface area contributed by atoms with Gasteiger partial charge in [0.2, 0.25) is 0 Å². The van der Waals surface area contributed by atoms with Gasteiger partial charge in [0.05, 0.1) is 12.6 Å². The number of methoxy groups -OCH3 is 1. The number of halogens is 1. The number of aliphatic carboxylic acids is 1. The molecule has 2 heterocycles. The van der Waals surface area contributed by atoms with Crippen LogP contribution in [-0.4, -0.2) is 47.7 Å². The molecule has 3 atom stereocenters. The van der Waals surface area contributed by atoms with Gasteiger partial charge in [-0.3, -0.25) is 9.78 Å². The van der Waals surface area contributed by atoms with Gasteiger partial charge in [-0.1, -0.05) is 12.8 Å². The Hall–Kier alpha value is -2.21. The second-order valence-electron chi connectivity index (χ2n) is 9.98. The number of hydrogen-bond acceptors (Lipinski definition) is 4. The highest BCUT2D eigenvalue weighted by Gasteiger charge is 2.31. The van der Waals surface area contributed by atoms with Gasteiger partial charge in [0.1, 0.15) is 11.9 Å². The van der Waals surface area contributed by atoms with E-state index in [1.807, 2.05) is 18.2 Å². The third-order valence-electron chi connectivity index (χ3n) is 7.81. The van der Waals surface area contributed by atoms with E-state index in [-0.39, 0.29) is 6.42 Å². The maximum atomic E-state index is 15.5. The smallest absolute Gasteiger partial charge is 0.303 e. The van der Waals surface area contributed by atoms with Crippen molar-refractivity contribution in [2.75, 3.05) is 26.7 Å². The first-order valence-electron chi connectivity index (χ1n) is 12.5. The average Bonchev–Trinajstić information content (AvgIpc) is 3.34. The normalized spacial score (nSPS) is 23.1. The topological polar surface area (TPSA) is 62.7 Å². The lowest BCUT2D eigenvalue weighted by Gasteiger charge is -2.40. The van der Waals surface area contributed by atoms with Crippen molar-refractivity contribution < 1.29 is 19.0 Å². The SMILES string of the molecule is COc1ccc2nccc(C(F)CC[C@@H]3CCN(CC4CCCC4)C[C@@H]3CCC(=O)O)c2c1. The number of piperidine rings is 1. The number of rotatable bonds is 10. The number of benzene rings is 1. The molecule has 1 saturated carbocycles. The van der Waals surface area contributed by atoms with Crippen LogP contribution in [0.4, 0.5) is 4.39 Å². The Balaban J connectivity index is 1.40. The van der Waals surface area contributed by atoms with Crippen molar-refractivity contribution in [2.24, 2.45) is 17.8 Å². The number of carbonyl (C=O) groups is 1. The van der Waals surface area contributed by atoms with Crippen molar-refractivity contribution in [2.45, 2.75) is 64.0 Å². The monoisotopic (exact) mass is 456 g/mol. The number of likely N-dealkylation sites (tertiary alicyclic amines) is 1. The van der Waals surface area contributed by atoms with Gasteiger partial charge < -0.3 is 14.7 Å². The Kier molecular flexibility index (Phi) is 8.18. The van der Waals surface area contributed by atoms with Gasteiger partial charge in [-0.05, 0) is 92.7 Å². The fourth-order valence-corrected chi connectivity index (χ4v) is 5.96. The summed E-state index contributed by atoms with van der Waals surface area (Å²) in [4.78, 5) is 18.2. The number of hydrogen-bond donors (Lipinski definition) is 1. The molecule has 2 fully saturated rings. The van der Waals surface area contributed by atoms with Crippen molar-refractivity contribution in [3.8, 4) is 5.75 Å². The Morgan fingerprint density at radius 1 is 1.21 bits per heavy atom. The minimum absolute atomic E-state index is 0.201. The lowest BCUT2D eigenvalue weighted by atomic mass is 9.78. The molecule has 1 saturated heterocycles. The quantitative estimate of drug-likeness (QED) is 0.473. The Morgan fingerprint density at radius 2 is 2.03 bits per heavy atom. The van der Waals surface area contributed by atoms with Gasteiger partial charge in [0.15, 0.2) is 0 Å². The van der Waals surface area contributed by atoms with E-state index in [0.717, 1.165) is 49.3 Å². The van der Waals surface area contributed by atoms with Crippen LogP contribution in [0.5, 0.6) is 5.75 Å². The molecule has 4 rings (SSSR count). The first-order valence-corrected chi connectivity index (χ1v) is 12.5. The predicted octanol–water partition coefficient (Wildman–Crippen LogP) is 6.03. The molecule has 1 aliphatic heterocycles. The van der Waals surface area contributed by atoms with Crippen LogP contribution >= 0.6 is 0 Å². The van der Waals surface area contributed by atoms with Gasteiger partial charge in [-0.15, -0.1) is 0 Å². The minimum Gasteiger partial charge on any atom is -0.497 e. The molecular weight excluding hydrogens is 419 g/mol. The first kappa shape index (κ1) is 23.9. The van der Waals surface area contributed by atoms with E-state index >= 15 is 4.39 Å². The van der Waals surface area contributed by atoms with Gasteiger partial charge in [-0.2, -0.15) is 0 Å². The average molecular weight is 457 g/mol. The van der Waals surface area contributed by atoms with Gasteiger partial charge in [0, 0.05) is 31.1 Å². The summed E-state index contributed by atoms with van der Waals surface area (Å²) in [5.74, 6) is 1.48. The van der Waals surface area contributed by atoms with Crippen LogP contribution in [0.3, 0.4) is 0 Å². The van der Waals surface area contributed by atoms with E-state index in [1.165, 1.54) is 25.7 Å². The van der Waals surface area contributed by atoms with Crippen LogP contribution in [0.1, 0.15) is 69.5 Å². The molecule has 0 bridgehead atoms. The lowest BCUT2D eigenvalue weighted by molar-refractivity contribution is -0.137. The highest BCUT2D eigenvalue weighted by Crippen LogP contribution is 2.37.